The van der Waals surface area contributed by atoms with Crippen LogP contribution in [-0.2, 0) is 11.2 Å². The van der Waals surface area contributed by atoms with Gasteiger partial charge in [0, 0.05) is 68.7 Å². The fourth-order valence-corrected chi connectivity index (χ4v) is 3.94. The summed E-state index contributed by atoms with van der Waals surface area (Å²) in [5.74, 6) is -0.678. The van der Waals surface area contributed by atoms with Gasteiger partial charge in [-0.2, -0.15) is 0 Å². The number of pyridine rings is 1. The van der Waals surface area contributed by atoms with Crippen LogP contribution in [0.3, 0.4) is 0 Å². The summed E-state index contributed by atoms with van der Waals surface area (Å²) in [6.45, 7) is 4.39. The topological polar surface area (TPSA) is 109 Å². The molecule has 0 bridgehead atoms. The highest BCUT2D eigenvalue weighted by molar-refractivity contribution is 5.97. The standard InChI is InChI=1S/C23H29N5O4/c1-17(25-22(29)18-6-5-8-21(16-18)28(31)32)23(30)26(2)20-10-14-27(15-11-20)13-9-19-7-3-4-12-24-19/h3-8,12,16-17,20H,9-11,13-15H2,1-2H3,(H,25,29). The van der Waals surface area contributed by atoms with Gasteiger partial charge in [-0.3, -0.25) is 24.7 Å². The Hall–Kier alpha value is -3.33. The summed E-state index contributed by atoms with van der Waals surface area (Å²) in [5.41, 5.74) is 1.07. The maximum atomic E-state index is 12.9. The number of piperidine rings is 1. The first-order valence-corrected chi connectivity index (χ1v) is 10.8. The third-order valence-electron chi connectivity index (χ3n) is 5.90. The van der Waals surface area contributed by atoms with Crippen LogP contribution in [0.4, 0.5) is 5.69 Å². The van der Waals surface area contributed by atoms with Gasteiger partial charge in [0.2, 0.25) is 5.91 Å². The number of hydrogen-bond donors (Lipinski definition) is 1. The smallest absolute Gasteiger partial charge is 0.270 e. The van der Waals surface area contributed by atoms with Gasteiger partial charge in [-0.15, -0.1) is 0 Å². The molecule has 0 radical (unpaired) electrons. The van der Waals surface area contributed by atoms with E-state index in [1.807, 2.05) is 18.2 Å². The summed E-state index contributed by atoms with van der Waals surface area (Å²) in [4.78, 5) is 44.1. The highest BCUT2D eigenvalue weighted by Crippen LogP contribution is 2.17. The largest absolute Gasteiger partial charge is 0.341 e. The number of carbonyl (C=O) groups is 2. The molecule has 1 aromatic carbocycles. The number of nitro benzene ring substituents is 1. The van der Waals surface area contributed by atoms with Crippen LogP contribution < -0.4 is 5.32 Å². The number of benzene rings is 1. The molecular formula is C23H29N5O4. The lowest BCUT2D eigenvalue weighted by Crippen LogP contribution is -2.52. The average Bonchev–Trinajstić information content (AvgIpc) is 2.82. The van der Waals surface area contributed by atoms with Gasteiger partial charge in [-0.1, -0.05) is 12.1 Å². The first-order valence-electron chi connectivity index (χ1n) is 10.8. The van der Waals surface area contributed by atoms with Crippen molar-refractivity contribution in [3.05, 3.63) is 70.0 Å². The van der Waals surface area contributed by atoms with Crippen molar-refractivity contribution < 1.29 is 14.5 Å². The predicted molar refractivity (Wildman–Crippen MR) is 120 cm³/mol. The Labute approximate surface area is 187 Å². The summed E-state index contributed by atoms with van der Waals surface area (Å²) in [6, 6.07) is 10.8. The van der Waals surface area contributed by atoms with E-state index >= 15 is 0 Å². The first kappa shape index (κ1) is 23.3. The number of rotatable bonds is 8. The number of nitrogens with zero attached hydrogens (tertiary/aromatic N) is 4. The molecule has 9 heteroatoms. The lowest BCUT2D eigenvalue weighted by atomic mass is 10.0. The Morgan fingerprint density at radius 3 is 2.66 bits per heavy atom. The number of amides is 2. The molecule has 2 aromatic rings. The number of nitrogens with one attached hydrogen (secondary N) is 1. The molecule has 170 valence electrons. The number of likely N-dealkylation sites (tertiary alicyclic amines) is 1. The third-order valence-corrected chi connectivity index (χ3v) is 5.90. The average molecular weight is 440 g/mol. The van der Waals surface area contributed by atoms with Gasteiger partial charge < -0.3 is 15.1 Å². The van der Waals surface area contributed by atoms with Gasteiger partial charge in [0.1, 0.15) is 6.04 Å². The number of likely N-dealkylation sites (N-methyl/N-ethyl adjacent to an activating group) is 1. The zero-order chi connectivity index (χ0) is 23.1. The number of aromatic nitrogens is 1. The SMILES string of the molecule is CC(NC(=O)c1cccc([N+](=O)[O-])c1)C(=O)N(C)C1CCN(CCc2ccccn2)CC1. The molecular weight excluding hydrogens is 410 g/mol. The van der Waals surface area contributed by atoms with Gasteiger partial charge in [-0.05, 0) is 38.0 Å². The van der Waals surface area contributed by atoms with E-state index < -0.39 is 16.9 Å². The van der Waals surface area contributed by atoms with Gasteiger partial charge in [-0.25, -0.2) is 0 Å². The Morgan fingerprint density at radius 1 is 1.25 bits per heavy atom. The summed E-state index contributed by atoms with van der Waals surface area (Å²) in [5, 5.41) is 13.6. The highest BCUT2D eigenvalue weighted by Gasteiger charge is 2.28. The maximum absolute atomic E-state index is 12.9. The lowest BCUT2D eigenvalue weighted by molar-refractivity contribution is -0.384. The molecule has 1 unspecified atom stereocenters. The summed E-state index contributed by atoms with van der Waals surface area (Å²) < 4.78 is 0. The van der Waals surface area contributed by atoms with Crippen LogP contribution in [0, 0.1) is 10.1 Å². The van der Waals surface area contributed by atoms with Gasteiger partial charge in [0.05, 0.1) is 4.92 Å². The van der Waals surface area contributed by atoms with Gasteiger partial charge >= 0.3 is 0 Å². The highest BCUT2D eigenvalue weighted by atomic mass is 16.6. The van der Waals surface area contributed by atoms with Crippen molar-refractivity contribution in [2.45, 2.75) is 38.3 Å². The van der Waals surface area contributed by atoms with E-state index in [1.54, 1.807) is 25.1 Å². The zero-order valence-electron chi connectivity index (χ0n) is 18.4. The molecule has 1 aromatic heterocycles. The van der Waals surface area contributed by atoms with E-state index in [0.717, 1.165) is 44.6 Å². The molecule has 0 aliphatic carbocycles. The quantitative estimate of drug-likeness (QED) is 0.499. The minimum atomic E-state index is -0.728. The van der Waals surface area contributed by atoms with Crippen LogP contribution in [0.1, 0.15) is 35.8 Å². The molecule has 3 rings (SSSR count). The van der Waals surface area contributed by atoms with Crippen LogP contribution in [0.2, 0.25) is 0 Å². The van der Waals surface area contributed by atoms with Crippen molar-refractivity contribution >= 4 is 17.5 Å². The molecule has 1 saturated heterocycles. The summed E-state index contributed by atoms with van der Waals surface area (Å²) >= 11 is 0. The van der Waals surface area contributed by atoms with E-state index in [1.165, 1.54) is 24.3 Å². The molecule has 1 fully saturated rings. The molecule has 32 heavy (non-hydrogen) atoms. The fraction of sp³-hybridized carbons (Fsp3) is 0.435. The van der Waals surface area contributed by atoms with Gasteiger partial charge in [0.15, 0.2) is 0 Å². The van der Waals surface area contributed by atoms with E-state index in [0.29, 0.717) is 0 Å². The van der Waals surface area contributed by atoms with Crippen molar-refractivity contribution in [1.82, 2.24) is 20.1 Å². The molecule has 1 aliphatic rings. The van der Waals surface area contributed by atoms with E-state index in [2.05, 4.69) is 15.2 Å². The number of nitro groups is 1. The van der Waals surface area contributed by atoms with E-state index in [-0.39, 0.29) is 23.2 Å². The number of hydrogen-bond acceptors (Lipinski definition) is 6. The second-order valence-corrected chi connectivity index (χ2v) is 8.10. The second-order valence-electron chi connectivity index (χ2n) is 8.10. The fourth-order valence-electron chi connectivity index (χ4n) is 3.94. The lowest BCUT2D eigenvalue weighted by Gasteiger charge is -2.37. The van der Waals surface area contributed by atoms with Crippen LogP contribution in [0.15, 0.2) is 48.7 Å². The number of non-ortho nitro benzene ring substituents is 1. The van der Waals surface area contributed by atoms with Crippen molar-refractivity contribution in [3.63, 3.8) is 0 Å². The molecule has 0 saturated carbocycles. The van der Waals surface area contributed by atoms with Crippen molar-refractivity contribution in [3.8, 4) is 0 Å². The molecule has 1 atom stereocenters. The molecule has 1 aliphatic heterocycles. The minimum absolute atomic E-state index is 0.116. The normalized spacial score (nSPS) is 15.7. The first-order chi connectivity index (χ1) is 15.3. The van der Waals surface area contributed by atoms with Crippen LogP contribution in [-0.4, -0.2) is 70.3 Å². The molecule has 2 heterocycles. The molecule has 9 nitrogen and oxygen atoms in total. The van der Waals surface area contributed by atoms with Crippen molar-refractivity contribution in [2.75, 3.05) is 26.7 Å². The monoisotopic (exact) mass is 439 g/mol. The van der Waals surface area contributed by atoms with Gasteiger partial charge in [0.25, 0.3) is 11.6 Å². The summed E-state index contributed by atoms with van der Waals surface area (Å²) in [6.07, 6.45) is 4.45. The molecule has 1 N–H and O–H groups in total. The van der Waals surface area contributed by atoms with E-state index in [9.17, 15) is 19.7 Å². The third kappa shape index (κ3) is 6.10. The zero-order valence-corrected chi connectivity index (χ0v) is 18.4. The second kappa shape index (κ2) is 10.8. The predicted octanol–water partition coefficient (Wildman–Crippen LogP) is 2.27. The Kier molecular flexibility index (Phi) is 7.88. The Morgan fingerprint density at radius 2 is 2.00 bits per heavy atom. The van der Waals surface area contributed by atoms with E-state index in [4.69, 9.17) is 0 Å². The van der Waals surface area contributed by atoms with Crippen LogP contribution >= 0.6 is 0 Å². The van der Waals surface area contributed by atoms with Crippen LogP contribution in [0.25, 0.3) is 0 Å². The van der Waals surface area contributed by atoms with Crippen molar-refractivity contribution in [1.29, 1.82) is 0 Å². The number of carbonyl (C=O) groups excluding carboxylic acids is 2. The summed E-state index contributed by atoms with van der Waals surface area (Å²) in [7, 11) is 1.77. The molecule has 0 spiro atoms. The minimum Gasteiger partial charge on any atom is -0.341 e. The van der Waals surface area contributed by atoms with Crippen LogP contribution in [0.5, 0.6) is 0 Å². The molecule has 2 amide bonds. The Bertz CT molecular complexity index is 944. The Balaban J connectivity index is 1.47. The van der Waals surface area contributed by atoms with Crippen molar-refractivity contribution in [2.24, 2.45) is 0 Å². The maximum Gasteiger partial charge on any atom is 0.270 e.